The molecule has 0 aliphatic carbocycles. The van der Waals surface area contributed by atoms with Crippen LogP contribution in [0.15, 0.2) is 30.5 Å². The van der Waals surface area contributed by atoms with Crippen molar-refractivity contribution in [2.45, 2.75) is 0 Å². The zero-order valence-corrected chi connectivity index (χ0v) is 9.54. The first kappa shape index (κ1) is 11.5. The molecule has 0 radical (unpaired) electrons. The molecule has 88 valence electrons. The van der Waals surface area contributed by atoms with Gasteiger partial charge in [-0.3, -0.25) is 20.4 Å². The molecule has 6 heteroatoms. The summed E-state index contributed by atoms with van der Waals surface area (Å²) in [4.78, 5) is 25.6. The van der Waals surface area contributed by atoms with Crippen molar-refractivity contribution in [3.05, 3.63) is 36.0 Å². The zero-order valence-electron chi connectivity index (χ0n) is 8.79. The highest BCUT2D eigenvalue weighted by Crippen LogP contribution is 2.16. The van der Waals surface area contributed by atoms with Crippen molar-refractivity contribution in [3.63, 3.8) is 0 Å². The lowest BCUT2D eigenvalue weighted by molar-refractivity contribution is -0.119. The minimum Gasteiger partial charge on any atom is -0.360 e. The number of alkyl halides is 1. The number of rotatable bonds is 2. The number of aromatic nitrogens is 1. The molecule has 2 amide bonds. The molecule has 17 heavy (non-hydrogen) atoms. The van der Waals surface area contributed by atoms with Crippen LogP contribution in [0.5, 0.6) is 0 Å². The molecule has 3 N–H and O–H groups in total. The monoisotopic (exact) mass is 251 g/mol. The summed E-state index contributed by atoms with van der Waals surface area (Å²) in [6.45, 7) is 0. The van der Waals surface area contributed by atoms with Gasteiger partial charge in [0.05, 0.1) is 5.56 Å². The molecule has 2 aromatic rings. The fraction of sp³-hybridized carbons (Fsp3) is 0.0909. The Balaban J connectivity index is 2.17. The highest BCUT2D eigenvalue weighted by Gasteiger charge is 2.11. The van der Waals surface area contributed by atoms with E-state index < -0.39 is 5.91 Å². The molecular formula is C11H10ClN3O2. The van der Waals surface area contributed by atoms with E-state index in [0.29, 0.717) is 5.56 Å². The Bertz CT molecular complexity index is 565. The van der Waals surface area contributed by atoms with Crippen molar-refractivity contribution in [1.29, 1.82) is 0 Å². The van der Waals surface area contributed by atoms with Crippen molar-refractivity contribution < 1.29 is 9.59 Å². The predicted octanol–water partition coefficient (Wildman–Crippen LogP) is 1.17. The van der Waals surface area contributed by atoms with Crippen LogP contribution in [0.25, 0.3) is 10.9 Å². The number of H-pyrrole nitrogens is 1. The average Bonchev–Trinajstić information content (AvgIpc) is 2.79. The molecule has 0 aliphatic rings. The molecule has 0 saturated heterocycles. The lowest BCUT2D eigenvalue weighted by Crippen LogP contribution is -2.42. The molecule has 0 bridgehead atoms. The predicted molar refractivity (Wildman–Crippen MR) is 64.6 cm³/mol. The third kappa shape index (κ3) is 2.39. The number of aromatic amines is 1. The molecule has 0 fully saturated rings. The van der Waals surface area contributed by atoms with Crippen molar-refractivity contribution in [2.24, 2.45) is 0 Å². The molecule has 1 aromatic carbocycles. The SMILES string of the molecule is O=C(CCl)NNC(=O)c1c[nH]c2ccccc12. The van der Waals surface area contributed by atoms with Crippen LogP contribution in [-0.2, 0) is 4.79 Å². The molecule has 5 nitrogen and oxygen atoms in total. The average molecular weight is 252 g/mol. The van der Waals surface area contributed by atoms with E-state index in [1.807, 2.05) is 24.3 Å². The number of para-hydroxylation sites is 1. The summed E-state index contributed by atoms with van der Waals surface area (Å²) in [5.74, 6) is -1.05. The number of amides is 2. The molecule has 1 heterocycles. The number of hydrogen-bond acceptors (Lipinski definition) is 2. The van der Waals surface area contributed by atoms with Gasteiger partial charge in [-0.1, -0.05) is 18.2 Å². The van der Waals surface area contributed by atoms with Gasteiger partial charge in [-0.05, 0) is 6.07 Å². The molecule has 0 saturated carbocycles. The number of nitrogens with one attached hydrogen (secondary N) is 3. The normalized spacial score (nSPS) is 10.2. The lowest BCUT2D eigenvalue weighted by atomic mass is 10.2. The number of fused-ring (bicyclic) bond motifs is 1. The van der Waals surface area contributed by atoms with Crippen molar-refractivity contribution in [2.75, 3.05) is 5.88 Å². The maximum Gasteiger partial charge on any atom is 0.271 e. The van der Waals surface area contributed by atoms with Gasteiger partial charge in [-0.25, -0.2) is 0 Å². The smallest absolute Gasteiger partial charge is 0.271 e. The molecule has 0 aliphatic heterocycles. The van der Waals surface area contributed by atoms with Crippen molar-refractivity contribution in [1.82, 2.24) is 15.8 Å². The quantitative estimate of drug-likeness (QED) is 0.554. The maximum absolute atomic E-state index is 11.8. The molecular weight excluding hydrogens is 242 g/mol. The number of halogens is 1. The van der Waals surface area contributed by atoms with E-state index >= 15 is 0 Å². The number of carbonyl (C=O) groups is 2. The Kier molecular flexibility index (Phi) is 3.30. The summed E-state index contributed by atoms with van der Waals surface area (Å²) >= 11 is 5.29. The van der Waals surface area contributed by atoms with Gasteiger partial charge in [-0.2, -0.15) is 0 Å². The van der Waals surface area contributed by atoms with E-state index in [-0.39, 0.29) is 11.8 Å². The summed E-state index contributed by atoms with van der Waals surface area (Å²) < 4.78 is 0. The Morgan fingerprint density at radius 3 is 2.76 bits per heavy atom. The summed E-state index contributed by atoms with van der Waals surface area (Å²) in [6.07, 6.45) is 1.59. The highest BCUT2D eigenvalue weighted by atomic mass is 35.5. The van der Waals surface area contributed by atoms with Crippen molar-refractivity contribution in [3.8, 4) is 0 Å². The second-order valence-corrected chi connectivity index (χ2v) is 3.65. The van der Waals surface area contributed by atoms with E-state index in [0.717, 1.165) is 10.9 Å². The van der Waals surface area contributed by atoms with Crippen LogP contribution in [0.3, 0.4) is 0 Å². The van der Waals surface area contributed by atoms with Gasteiger partial charge >= 0.3 is 0 Å². The number of carbonyl (C=O) groups excluding carboxylic acids is 2. The van der Waals surface area contributed by atoms with E-state index in [1.165, 1.54) is 0 Å². The topological polar surface area (TPSA) is 74.0 Å². The fourth-order valence-corrected chi connectivity index (χ4v) is 1.55. The van der Waals surface area contributed by atoms with Gasteiger partial charge in [-0.15, -0.1) is 11.6 Å². The standard InChI is InChI=1S/C11H10ClN3O2/c12-5-10(16)14-15-11(17)8-6-13-9-4-2-1-3-7(8)9/h1-4,6,13H,5H2,(H,14,16)(H,15,17). The van der Waals surface area contributed by atoms with Gasteiger partial charge in [0.15, 0.2) is 0 Å². The molecule has 0 spiro atoms. The molecule has 1 aromatic heterocycles. The molecule has 0 unspecified atom stereocenters. The van der Waals surface area contributed by atoms with Gasteiger partial charge < -0.3 is 4.98 Å². The fourth-order valence-electron chi connectivity index (χ4n) is 1.49. The van der Waals surface area contributed by atoms with E-state index in [1.54, 1.807) is 6.20 Å². The van der Waals surface area contributed by atoms with Gasteiger partial charge in [0.1, 0.15) is 5.88 Å². The Morgan fingerprint density at radius 2 is 2.00 bits per heavy atom. The Hall–Kier alpha value is -2.01. The third-order valence-corrected chi connectivity index (χ3v) is 2.51. The van der Waals surface area contributed by atoms with Crippen LogP contribution in [-0.4, -0.2) is 22.7 Å². The van der Waals surface area contributed by atoms with E-state index in [2.05, 4.69) is 15.8 Å². The highest BCUT2D eigenvalue weighted by molar-refractivity contribution is 6.27. The number of hydrazine groups is 1. The second-order valence-electron chi connectivity index (χ2n) is 3.38. The zero-order chi connectivity index (χ0) is 12.3. The first-order chi connectivity index (χ1) is 8.22. The summed E-state index contributed by atoms with van der Waals surface area (Å²) in [5.41, 5.74) is 5.82. The Morgan fingerprint density at radius 1 is 1.24 bits per heavy atom. The van der Waals surface area contributed by atoms with Crippen molar-refractivity contribution >= 4 is 34.3 Å². The van der Waals surface area contributed by atoms with Crippen LogP contribution in [0, 0.1) is 0 Å². The minimum atomic E-state index is -0.458. The maximum atomic E-state index is 11.8. The number of benzene rings is 1. The van der Waals surface area contributed by atoms with Gasteiger partial charge in [0.2, 0.25) is 0 Å². The van der Waals surface area contributed by atoms with Gasteiger partial charge in [0, 0.05) is 17.1 Å². The first-order valence-corrected chi connectivity index (χ1v) is 5.47. The summed E-state index contributed by atoms with van der Waals surface area (Å²) in [5, 5.41) is 0.796. The van der Waals surface area contributed by atoms with E-state index in [9.17, 15) is 9.59 Å². The summed E-state index contributed by atoms with van der Waals surface area (Å²) in [6, 6.07) is 7.40. The summed E-state index contributed by atoms with van der Waals surface area (Å²) in [7, 11) is 0. The van der Waals surface area contributed by atoms with Gasteiger partial charge in [0.25, 0.3) is 11.8 Å². The van der Waals surface area contributed by atoms with E-state index in [4.69, 9.17) is 11.6 Å². The third-order valence-electron chi connectivity index (χ3n) is 2.27. The van der Waals surface area contributed by atoms with Crippen LogP contribution >= 0.6 is 11.6 Å². The number of hydrogen-bond donors (Lipinski definition) is 3. The largest absolute Gasteiger partial charge is 0.360 e. The van der Waals surface area contributed by atoms with Crippen LogP contribution in [0.1, 0.15) is 10.4 Å². The molecule has 2 rings (SSSR count). The lowest BCUT2D eigenvalue weighted by Gasteiger charge is -2.04. The second kappa shape index (κ2) is 4.88. The molecule has 0 atom stereocenters. The van der Waals surface area contributed by atoms with Crippen LogP contribution in [0.4, 0.5) is 0 Å². The van der Waals surface area contributed by atoms with Crippen LogP contribution < -0.4 is 10.9 Å². The Labute approximate surface area is 102 Å². The minimum absolute atomic E-state index is 0.200. The van der Waals surface area contributed by atoms with Crippen LogP contribution in [0.2, 0.25) is 0 Å². The first-order valence-electron chi connectivity index (χ1n) is 4.93.